The molecule has 0 amide bonds. The van der Waals surface area contributed by atoms with Gasteiger partial charge in [-0.1, -0.05) is 19.9 Å². The predicted octanol–water partition coefficient (Wildman–Crippen LogP) is 1.84. The van der Waals surface area contributed by atoms with Gasteiger partial charge in [0.2, 0.25) is 0 Å². The van der Waals surface area contributed by atoms with Gasteiger partial charge in [-0.15, -0.1) is 0 Å². The number of carbonyl (C=O) groups excluding carboxylic acids is 2. The molecule has 160 valence electrons. The Morgan fingerprint density at radius 2 is 1.93 bits per heavy atom. The fourth-order valence-electron chi connectivity index (χ4n) is 7.25. The molecule has 0 aromatic heterocycles. The molecule has 0 aromatic rings. The van der Waals surface area contributed by atoms with E-state index in [2.05, 4.69) is 0 Å². The Morgan fingerprint density at radius 1 is 1.28 bits per heavy atom. The molecule has 0 radical (unpaired) electrons. The molecule has 0 saturated heterocycles. The average molecular weight is 410 g/mol. The standard InChI is InChI=1S/C22H28F2O5/c1-11-6-13-14-8-16(23)15-7-12(26)4-5-19(15,2)21(14,24)17(27)9-20(13,3)22(11,29)18(28)10-25/h4-5,7,11,13-14,16-17,25,27,29H,6,8-10H2,1-3H3/t11-,13-,14+,16+,17-,19+,20-,21+,22+/m1/s1. The number of alkyl halides is 2. The van der Waals surface area contributed by atoms with Gasteiger partial charge in [0.25, 0.3) is 0 Å². The Morgan fingerprint density at radius 3 is 2.55 bits per heavy atom. The number of carbonyl (C=O) groups is 2. The van der Waals surface area contributed by atoms with E-state index < -0.39 is 70.3 Å². The highest BCUT2D eigenvalue weighted by molar-refractivity contribution is 6.01. The number of ketones is 2. The van der Waals surface area contributed by atoms with Crippen LogP contribution in [0, 0.1) is 28.6 Å². The van der Waals surface area contributed by atoms with Crippen LogP contribution in [0.15, 0.2) is 23.8 Å². The number of rotatable bonds is 2. The molecule has 4 aliphatic carbocycles. The second-order valence-corrected chi connectivity index (χ2v) is 9.84. The quantitative estimate of drug-likeness (QED) is 0.646. The first-order chi connectivity index (χ1) is 13.4. The highest BCUT2D eigenvalue weighted by Gasteiger charge is 2.76. The van der Waals surface area contributed by atoms with E-state index in [1.807, 2.05) is 0 Å². The Balaban J connectivity index is 1.87. The summed E-state index contributed by atoms with van der Waals surface area (Å²) in [5.41, 5.74) is -6.81. The summed E-state index contributed by atoms with van der Waals surface area (Å²) in [6, 6.07) is 0. The molecule has 29 heavy (non-hydrogen) atoms. The van der Waals surface area contributed by atoms with Crippen LogP contribution in [0.25, 0.3) is 0 Å². The van der Waals surface area contributed by atoms with Crippen molar-refractivity contribution in [2.24, 2.45) is 28.6 Å². The van der Waals surface area contributed by atoms with Crippen LogP contribution in [0.1, 0.15) is 40.0 Å². The van der Waals surface area contributed by atoms with Gasteiger partial charge in [0.15, 0.2) is 17.2 Å². The topological polar surface area (TPSA) is 94.8 Å². The van der Waals surface area contributed by atoms with Crippen molar-refractivity contribution in [3.05, 3.63) is 23.8 Å². The zero-order valence-electron chi connectivity index (χ0n) is 16.9. The third kappa shape index (κ3) is 2.19. The van der Waals surface area contributed by atoms with Gasteiger partial charge >= 0.3 is 0 Å². The number of fused-ring (bicyclic) bond motifs is 5. The van der Waals surface area contributed by atoms with Crippen molar-refractivity contribution < 1.29 is 33.7 Å². The van der Waals surface area contributed by atoms with Gasteiger partial charge < -0.3 is 15.3 Å². The Hall–Kier alpha value is -1.44. The number of aliphatic hydroxyl groups is 3. The van der Waals surface area contributed by atoms with E-state index in [1.165, 1.54) is 19.1 Å². The smallest absolute Gasteiger partial charge is 0.190 e. The summed E-state index contributed by atoms with van der Waals surface area (Å²) in [5, 5.41) is 31.9. The molecule has 9 atom stereocenters. The maximum Gasteiger partial charge on any atom is 0.190 e. The molecular formula is C22H28F2O5. The zero-order valence-corrected chi connectivity index (χ0v) is 16.9. The van der Waals surface area contributed by atoms with Gasteiger partial charge in [-0.05, 0) is 55.7 Å². The van der Waals surface area contributed by atoms with Crippen molar-refractivity contribution in [3.63, 3.8) is 0 Å². The monoisotopic (exact) mass is 410 g/mol. The minimum atomic E-state index is -2.24. The Bertz CT molecular complexity index is 839. The van der Waals surface area contributed by atoms with Crippen molar-refractivity contribution in [1.29, 1.82) is 0 Å². The van der Waals surface area contributed by atoms with Crippen LogP contribution in [-0.4, -0.2) is 57.0 Å². The summed E-state index contributed by atoms with van der Waals surface area (Å²) in [5.74, 6) is -3.24. The Labute approximate surface area is 168 Å². The normalized spacial score (nSPS) is 53.7. The second-order valence-electron chi connectivity index (χ2n) is 9.84. The van der Waals surface area contributed by atoms with Crippen LogP contribution < -0.4 is 0 Å². The van der Waals surface area contributed by atoms with Gasteiger partial charge in [-0.3, -0.25) is 9.59 Å². The highest BCUT2D eigenvalue weighted by Crippen LogP contribution is 2.70. The molecule has 3 saturated carbocycles. The first-order valence-electron chi connectivity index (χ1n) is 10.2. The minimum Gasteiger partial charge on any atom is -0.390 e. The Kier molecular flexibility index (Phi) is 4.34. The predicted molar refractivity (Wildman–Crippen MR) is 100 cm³/mol. The van der Waals surface area contributed by atoms with Crippen molar-refractivity contribution in [1.82, 2.24) is 0 Å². The molecule has 3 N–H and O–H groups in total. The molecule has 4 aliphatic rings. The van der Waals surface area contributed by atoms with Crippen LogP contribution in [-0.2, 0) is 9.59 Å². The molecule has 4 rings (SSSR count). The molecule has 7 heteroatoms. The van der Waals surface area contributed by atoms with Crippen LogP contribution in [0.4, 0.5) is 8.78 Å². The van der Waals surface area contributed by atoms with Crippen molar-refractivity contribution in [3.8, 4) is 0 Å². The van der Waals surface area contributed by atoms with Crippen LogP contribution in [0.3, 0.4) is 0 Å². The lowest BCUT2D eigenvalue weighted by Gasteiger charge is -2.63. The third-order valence-electron chi connectivity index (χ3n) is 8.78. The lowest BCUT2D eigenvalue weighted by Crippen LogP contribution is -2.70. The molecule has 5 nitrogen and oxygen atoms in total. The fourth-order valence-corrected chi connectivity index (χ4v) is 7.25. The third-order valence-corrected chi connectivity index (χ3v) is 8.78. The highest BCUT2D eigenvalue weighted by atomic mass is 19.1. The average Bonchev–Trinajstić information content (AvgIpc) is 2.86. The molecule has 3 fully saturated rings. The van der Waals surface area contributed by atoms with E-state index in [4.69, 9.17) is 0 Å². The second kappa shape index (κ2) is 6.05. The first-order valence-corrected chi connectivity index (χ1v) is 10.2. The summed E-state index contributed by atoms with van der Waals surface area (Å²) in [4.78, 5) is 24.3. The van der Waals surface area contributed by atoms with Crippen molar-refractivity contribution in [2.45, 2.75) is 63.6 Å². The number of hydrogen-bond donors (Lipinski definition) is 3. The number of hydrogen-bond acceptors (Lipinski definition) is 5. The van der Waals surface area contributed by atoms with E-state index in [0.717, 1.165) is 6.08 Å². The summed E-state index contributed by atoms with van der Waals surface area (Å²) in [6.07, 6.45) is 0.427. The van der Waals surface area contributed by atoms with Crippen molar-refractivity contribution in [2.75, 3.05) is 6.61 Å². The summed E-state index contributed by atoms with van der Waals surface area (Å²) in [7, 11) is 0. The zero-order chi connectivity index (χ0) is 21.6. The number of Topliss-reactive ketones (excluding diaryl/α,β-unsaturated/α-hetero) is 1. The molecular weight excluding hydrogens is 382 g/mol. The maximum absolute atomic E-state index is 16.9. The van der Waals surface area contributed by atoms with Crippen LogP contribution in [0.2, 0.25) is 0 Å². The van der Waals surface area contributed by atoms with Gasteiger partial charge in [0.05, 0.1) is 6.10 Å². The summed E-state index contributed by atoms with van der Waals surface area (Å²) < 4.78 is 32.1. The molecule has 0 aliphatic heterocycles. The van der Waals surface area contributed by atoms with Gasteiger partial charge in [0.1, 0.15) is 18.4 Å². The van der Waals surface area contributed by atoms with Gasteiger partial charge in [-0.2, -0.15) is 0 Å². The molecule has 0 aromatic carbocycles. The summed E-state index contributed by atoms with van der Waals surface area (Å²) >= 11 is 0. The largest absolute Gasteiger partial charge is 0.390 e. The van der Waals surface area contributed by atoms with Crippen LogP contribution >= 0.6 is 0 Å². The molecule has 0 heterocycles. The van der Waals surface area contributed by atoms with E-state index in [9.17, 15) is 24.9 Å². The lowest BCUT2D eigenvalue weighted by atomic mass is 9.44. The van der Waals surface area contributed by atoms with E-state index in [0.29, 0.717) is 0 Å². The molecule has 0 bridgehead atoms. The number of aliphatic hydroxyl groups excluding tert-OH is 2. The van der Waals surface area contributed by atoms with Crippen LogP contribution in [0.5, 0.6) is 0 Å². The van der Waals surface area contributed by atoms with Gasteiger partial charge in [-0.25, -0.2) is 8.78 Å². The van der Waals surface area contributed by atoms with Crippen molar-refractivity contribution >= 4 is 11.6 Å². The number of allylic oxidation sites excluding steroid dienone is 4. The fraction of sp³-hybridized carbons (Fsp3) is 0.727. The van der Waals surface area contributed by atoms with E-state index in [1.54, 1.807) is 13.8 Å². The van der Waals surface area contributed by atoms with E-state index >= 15 is 8.78 Å². The minimum absolute atomic E-state index is 0.0409. The summed E-state index contributed by atoms with van der Waals surface area (Å²) in [6.45, 7) is 3.96. The SMILES string of the molecule is C[C@@H]1C[C@@H]2[C@@H]3C[C@H](F)C4=CC(=O)C=C[C@]4(C)[C@@]3(F)[C@H](O)C[C@@]2(C)[C@@]1(O)C(=O)CO. The maximum atomic E-state index is 16.9. The number of halogens is 2. The van der Waals surface area contributed by atoms with Gasteiger partial charge in [0, 0.05) is 16.7 Å². The lowest BCUT2D eigenvalue weighted by molar-refractivity contribution is -0.223. The first kappa shape index (κ1) is 20.8. The molecule has 0 unspecified atom stereocenters. The van der Waals surface area contributed by atoms with E-state index in [-0.39, 0.29) is 24.8 Å². The molecule has 0 spiro atoms.